The molecule has 0 amide bonds. The number of benzene rings is 2. The van der Waals surface area contributed by atoms with Crippen LogP contribution in [0.15, 0.2) is 59.2 Å². The summed E-state index contributed by atoms with van der Waals surface area (Å²) in [5.41, 5.74) is 2.04. The molecule has 3 rings (SSSR count). The molecule has 0 spiro atoms. The number of aliphatic imine (C=N–C) groups is 1. The highest BCUT2D eigenvalue weighted by atomic mass is 35.5. The number of cyclic esters (lactones) is 1. The van der Waals surface area contributed by atoms with Gasteiger partial charge >= 0.3 is 5.97 Å². The Morgan fingerprint density at radius 1 is 1.18 bits per heavy atom. The number of rotatable bonds is 2. The molecule has 106 valence electrons. The lowest BCUT2D eigenvalue weighted by atomic mass is 10.1. The Labute approximate surface area is 131 Å². The van der Waals surface area contributed by atoms with Crippen LogP contribution in [0.5, 0.6) is 0 Å². The van der Waals surface area contributed by atoms with Gasteiger partial charge in [-0.2, -0.15) is 5.26 Å². The maximum Gasteiger partial charge on any atom is 0.363 e. The summed E-state index contributed by atoms with van der Waals surface area (Å²) in [4.78, 5) is 16.1. The summed E-state index contributed by atoms with van der Waals surface area (Å²) in [5, 5.41) is 9.43. The Bertz CT molecular complexity index is 863. The molecule has 0 aliphatic carbocycles. The Morgan fingerprint density at radius 2 is 2.00 bits per heavy atom. The molecule has 1 aliphatic rings. The quantitative estimate of drug-likeness (QED) is 0.629. The van der Waals surface area contributed by atoms with Crippen LogP contribution in [-0.4, -0.2) is 11.9 Å². The molecule has 2 aromatic carbocycles. The van der Waals surface area contributed by atoms with E-state index in [1.54, 1.807) is 54.6 Å². The number of ether oxygens (including phenoxy) is 1. The van der Waals surface area contributed by atoms with E-state index in [0.717, 1.165) is 0 Å². The SMILES string of the molecule is N#Cc1cccc(/C=C2\N=C(c3cccc(Cl)c3)OC2=O)c1. The molecular formula is C17H9ClN2O2. The van der Waals surface area contributed by atoms with E-state index < -0.39 is 5.97 Å². The van der Waals surface area contributed by atoms with Crippen molar-refractivity contribution in [3.8, 4) is 6.07 Å². The molecule has 0 N–H and O–H groups in total. The van der Waals surface area contributed by atoms with E-state index in [1.807, 2.05) is 6.07 Å². The third kappa shape index (κ3) is 2.90. The van der Waals surface area contributed by atoms with Gasteiger partial charge in [-0.15, -0.1) is 0 Å². The van der Waals surface area contributed by atoms with Gasteiger partial charge in [0.25, 0.3) is 0 Å². The fraction of sp³-hybridized carbons (Fsp3) is 0. The van der Waals surface area contributed by atoms with E-state index in [9.17, 15) is 4.79 Å². The van der Waals surface area contributed by atoms with Gasteiger partial charge in [-0.25, -0.2) is 9.79 Å². The third-order valence-corrected chi connectivity index (χ3v) is 3.25. The standard InChI is InChI=1S/C17H9ClN2O2/c18-14-6-2-5-13(9-14)16-20-15(17(21)22-16)8-11-3-1-4-12(7-11)10-19/h1-9H/b15-8-. The van der Waals surface area contributed by atoms with Gasteiger partial charge in [0.15, 0.2) is 5.70 Å². The number of esters is 1. The number of carbonyl (C=O) groups is 1. The lowest BCUT2D eigenvalue weighted by Gasteiger charge is -1.98. The van der Waals surface area contributed by atoms with Crippen molar-refractivity contribution >= 4 is 29.5 Å². The largest absolute Gasteiger partial charge is 0.402 e. The number of carbonyl (C=O) groups excluding carboxylic acids is 1. The summed E-state index contributed by atoms with van der Waals surface area (Å²) >= 11 is 5.92. The first kappa shape index (κ1) is 14.1. The summed E-state index contributed by atoms with van der Waals surface area (Å²) in [6.07, 6.45) is 1.58. The molecule has 0 unspecified atom stereocenters. The van der Waals surface area contributed by atoms with Crippen molar-refractivity contribution < 1.29 is 9.53 Å². The summed E-state index contributed by atoms with van der Waals surface area (Å²) < 4.78 is 5.16. The summed E-state index contributed by atoms with van der Waals surface area (Å²) in [6.45, 7) is 0. The van der Waals surface area contributed by atoms with Crippen molar-refractivity contribution in [3.63, 3.8) is 0 Å². The molecule has 0 fully saturated rings. The number of hydrogen-bond donors (Lipinski definition) is 0. The normalized spacial score (nSPS) is 15.4. The fourth-order valence-corrected chi connectivity index (χ4v) is 2.20. The molecule has 0 radical (unpaired) electrons. The molecule has 0 bridgehead atoms. The van der Waals surface area contributed by atoms with E-state index in [4.69, 9.17) is 21.6 Å². The summed E-state index contributed by atoms with van der Waals surface area (Å²) in [7, 11) is 0. The minimum absolute atomic E-state index is 0.185. The first-order chi connectivity index (χ1) is 10.7. The van der Waals surface area contributed by atoms with Crippen LogP contribution in [0, 0.1) is 11.3 Å². The summed E-state index contributed by atoms with van der Waals surface area (Å²) in [6, 6.07) is 15.9. The fourth-order valence-electron chi connectivity index (χ4n) is 2.01. The molecule has 0 saturated heterocycles. The van der Waals surface area contributed by atoms with Crippen molar-refractivity contribution in [1.29, 1.82) is 5.26 Å². The Kier molecular flexibility index (Phi) is 3.73. The average molecular weight is 309 g/mol. The molecule has 4 nitrogen and oxygen atoms in total. The van der Waals surface area contributed by atoms with Crippen LogP contribution in [0.2, 0.25) is 5.02 Å². The number of nitriles is 1. The van der Waals surface area contributed by atoms with Gasteiger partial charge in [0.2, 0.25) is 5.90 Å². The second-order valence-corrected chi connectivity index (χ2v) is 5.02. The predicted octanol–water partition coefficient (Wildman–Crippen LogP) is 3.56. The van der Waals surface area contributed by atoms with Crippen LogP contribution in [0.4, 0.5) is 0 Å². The third-order valence-electron chi connectivity index (χ3n) is 3.01. The Balaban J connectivity index is 1.96. The minimum atomic E-state index is -0.530. The number of nitrogens with zero attached hydrogens (tertiary/aromatic N) is 2. The van der Waals surface area contributed by atoms with Gasteiger partial charge in [0, 0.05) is 10.6 Å². The van der Waals surface area contributed by atoms with E-state index >= 15 is 0 Å². The first-order valence-electron chi connectivity index (χ1n) is 6.44. The number of halogens is 1. The van der Waals surface area contributed by atoms with E-state index in [1.165, 1.54) is 0 Å². The van der Waals surface area contributed by atoms with Crippen molar-refractivity contribution in [2.24, 2.45) is 4.99 Å². The smallest absolute Gasteiger partial charge is 0.363 e. The van der Waals surface area contributed by atoms with E-state index in [0.29, 0.717) is 21.7 Å². The average Bonchev–Trinajstić information content (AvgIpc) is 2.89. The van der Waals surface area contributed by atoms with Gasteiger partial charge < -0.3 is 4.74 Å². The molecule has 5 heteroatoms. The van der Waals surface area contributed by atoms with Crippen LogP contribution in [0.3, 0.4) is 0 Å². The molecule has 22 heavy (non-hydrogen) atoms. The lowest BCUT2D eigenvalue weighted by Crippen LogP contribution is -2.05. The predicted molar refractivity (Wildman–Crippen MR) is 83.2 cm³/mol. The van der Waals surface area contributed by atoms with Gasteiger partial charge in [-0.05, 0) is 42.0 Å². The maximum atomic E-state index is 11.9. The zero-order valence-electron chi connectivity index (χ0n) is 11.3. The zero-order valence-corrected chi connectivity index (χ0v) is 12.0. The maximum absolute atomic E-state index is 11.9. The van der Waals surface area contributed by atoms with Crippen LogP contribution in [0.1, 0.15) is 16.7 Å². The second kappa shape index (κ2) is 5.84. The molecule has 2 aromatic rings. The molecule has 1 aliphatic heterocycles. The minimum Gasteiger partial charge on any atom is -0.402 e. The van der Waals surface area contributed by atoms with Crippen LogP contribution in [0.25, 0.3) is 6.08 Å². The highest BCUT2D eigenvalue weighted by molar-refractivity contribution is 6.31. The molecular weight excluding hydrogens is 300 g/mol. The Morgan fingerprint density at radius 3 is 2.77 bits per heavy atom. The highest BCUT2D eigenvalue weighted by Gasteiger charge is 2.24. The van der Waals surface area contributed by atoms with Crippen LogP contribution >= 0.6 is 11.6 Å². The number of hydrogen-bond acceptors (Lipinski definition) is 4. The molecule has 0 saturated carbocycles. The molecule has 0 aromatic heterocycles. The van der Waals surface area contributed by atoms with Crippen molar-refractivity contribution in [1.82, 2.24) is 0 Å². The topological polar surface area (TPSA) is 62.4 Å². The summed E-state index contributed by atoms with van der Waals surface area (Å²) in [5.74, 6) is -0.312. The van der Waals surface area contributed by atoms with Gasteiger partial charge in [-0.3, -0.25) is 0 Å². The van der Waals surface area contributed by atoms with Crippen LogP contribution in [-0.2, 0) is 9.53 Å². The van der Waals surface area contributed by atoms with Gasteiger partial charge in [0.05, 0.1) is 11.6 Å². The van der Waals surface area contributed by atoms with Gasteiger partial charge in [0.1, 0.15) is 0 Å². The molecule has 1 heterocycles. The zero-order chi connectivity index (χ0) is 15.5. The first-order valence-corrected chi connectivity index (χ1v) is 6.82. The lowest BCUT2D eigenvalue weighted by molar-refractivity contribution is -0.129. The van der Waals surface area contributed by atoms with E-state index in [2.05, 4.69) is 4.99 Å². The van der Waals surface area contributed by atoms with Gasteiger partial charge in [-0.1, -0.05) is 29.8 Å². The van der Waals surface area contributed by atoms with E-state index in [-0.39, 0.29) is 11.6 Å². The Hall–Kier alpha value is -2.90. The van der Waals surface area contributed by atoms with Crippen molar-refractivity contribution in [2.45, 2.75) is 0 Å². The second-order valence-electron chi connectivity index (χ2n) is 4.58. The van der Waals surface area contributed by atoms with Crippen molar-refractivity contribution in [2.75, 3.05) is 0 Å². The van der Waals surface area contributed by atoms with Crippen molar-refractivity contribution in [3.05, 3.63) is 75.9 Å². The monoisotopic (exact) mass is 308 g/mol. The van der Waals surface area contributed by atoms with Crippen LogP contribution < -0.4 is 0 Å². The molecule has 0 atom stereocenters. The highest BCUT2D eigenvalue weighted by Crippen LogP contribution is 2.21.